The van der Waals surface area contributed by atoms with Crippen LogP contribution in [0.5, 0.6) is 0 Å². The Labute approximate surface area is 181 Å². The molecule has 1 aromatic heterocycles. The highest BCUT2D eigenvalue weighted by Crippen LogP contribution is 2.32. The van der Waals surface area contributed by atoms with Gasteiger partial charge in [-0.15, -0.1) is 11.3 Å². The van der Waals surface area contributed by atoms with Gasteiger partial charge in [-0.3, -0.25) is 9.69 Å². The summed E-state index contributed by atoms with van der Waals surface area (Å²) in [5, 5.41) is 8.02. The number of thiazole rings is 1. The zero-order valence-corrected chi connectivity index (χ0v) is 18.0. The molecule has 1 aliphatic carbocycles. The van der Waals surface area contributed by atoms with Crippen molar-refractivity contribution in [2.24, 2.45) is 0 Å². The van der Waals surface area contributed by atoms with Crippen molar-refractivity contribution in [3.8, 4) is 0 Å². The van der Waals surface area contributed by atoms with Crippen molar-refractivity contribution < 1.29 is 9.59 Å². The van der Waals surface area contributed by atoms with E-state index in [9.17, 15) is 9.59 Å². The minimum Gasteiger partial charge on any atom is -0.338 e. The molecule has 160 valence electrons. The molecule has 1 saturated carbocycles. The molecule has 1 aliphatic heterocycles. The zero-order chi connectivity index (χ0) is 20.8. The van der Waals surface area contributed by atoms with Crippen molar-refractivity contribution in [3.05, 3.63) is 52.5 Å². The Morgan fingerprint density at radius 3 is 2.47 bits per heavy atom. The molecule has 30 heavy (non-hydrogen) atoms. The molecule has 0 unspecified atom stereocenters. The molecule has 7 nitrogen and oxygen atoms in total. The summed E-state index contributed by atoms with van der Waals surface area (Å²) in [6, 6.07) is 9.53. The quantitative estimate of drug-likeness (QED) is 0.743. The number of urea groups is 1. The predicted octanol–water partition coefficient (Wildman–Crippen LogP) is 2.60. The summed E-state index contributed by atoms with van der Waals surface area (Å²) >= 11 is 1.61. The second kappa shape index (κ2) is 9.57. The number of aromatic nitrogens is 1. The fourth-order valence-electron chi connectivity index (χ4n) is 4.37. The highest BCUT2D eigenvalue weighted by Gasteiger charge is 2.45. The van der Waals surface area contributed by atoms with E-state index in [1.807, 2.05) is 40.7 Å². The molecular weight excluding hydrogens is 398 g/mol. The van der Waals surface area contributed by atoms with Gasteiger partial charge in [0.05, 0.1) is 11.2 Å². The normalized spacial score (nSPS) is 18.9. The van der Waals surface area contributed by atoms with Gasteiger partial charge < -0.3 is 15.5 Å². The lowest BCUT2D eigenvalue weighted by atomic mass is 9.95. The first-order valence-corrected chi connectivity index (χ1v) is 11.6. The van der Waals surface area contributed by atoms with E-state index in [-0.39, 0.29) is 11.9 Å². The van der Waals surface area contributed by atoms with Crippen LogP contribution in [0.2, 0.25) is 0 Å². The highest BCUT2D eigenvalue weighted by atomic mass is 32.1. The van der Waals surface area contributed by atoms with Gasteiger partial charge >= 0.3 is 6.03 Å². The molecule has 0 spiro atoms. The number of piperazine rings is 1. The maximum absolute atomic E-state index is 13.4. The Balaban J connectivity index is 1.31. The first-order chi connectivity index (χ1) is 14.6. The maximum atomic E-state index is 13.4. The molecule has 1 aromatic carbocycles. The Morgan fingerprint density at radius 2 is 1.80 bits per heavy atom. The number of hydrogen-bond acceptors (Lipinski definition) is 5. The average molecular weight is 428 g/mol. The topological polar surface area (TPSA) is 77.6 Å². The van der Waals surface area contributed by atoms with Crippen LogP contribution in [0.1, 0.15) is 36.9 Å². The van der Waals surface area contributed by atoms with Crippen LogP contribution in [-0.2, 0) is 17.9 Å². The van der Waals surface area contributed by atoms with Crippen molar-refractivity contribution in [3.63, 3.8) is 0 Å². The number of hydrogen-bond donors (Lipinski definition) is 2. The third-order valence-electron chi connectivity index (χ3n) is 6.04. The smallest absolute Gasteiger partial charge is 0.315 e. The molecule has 8 heteroatoms. The van der Waals surface area contributed by atoms with E-state index >= 15 is 0 Å². The Bertz CT molecular complexity index is 828. The molecule has 2 heterocycles. The number of nitrogens with one attached hydrogen (secondary N) is 2. The van der Waals surface area contributed by atoms with Crippen molar-refractivity contribution in [2.45, 2.75) is 44.3 Å². The minimum absolute atomic E-state index is 0.0724. The summed E-state index contributed by atoms with van der Waals surface area (Å²) in [5.41, 5.74) is 3.21. The number of carbonyl (C=O) groups is 2. The van der Waals surface area contributed by atoms with Gasteiger partial charge in [-0.25, -0.2) is 9.78 Å². The van der Waals surface area contributed by atoms with Gasteiger partial charge in [0, 0.05) is 44.6 Å². The van der Waals surface area contributed by atoms with Crippen LogP contribution >= 0.6 is 11.3 Å². The first kappa shape index (κ1) is 20.8. The molecule has 0 bridgehead atoms. The number of nitrogens with zero attached hydrogens (tertiary/aromatic N) is 3. The van der Waals surface area contributed by atoms with Crippen LogP contribution < -0.4 is 10.6 Å². The third kappa shape index (κ3) is 4.99. The van der Waals surface area contributed by atoms with Gasteiger partial charge in [0.25, 0.3) is 0 Å². The summed E-state index contributed by atoms with van der Waals surface area (Å²) in [5.74, 6) is 0.0724. The van der Waals surface area contributed by atoms with Crippen LogP contribution in [0.25, 0.3) is 0 Å². The number of benzene rings is 1. The molecule has 1 saturated heterocycles. The van der Waals surface area contributed by atoms with E-state index in [4.69, 9.17) is 0 Å². The Morgan fingerprint density at radius 1 is 1.07 bits per heavy atom. The zero-order valence-electron chi connectivity index (χ0n) is 17.2. The lowest BCUT2D eigenvalue weighted by Crippen LogP contribution is -2.62. The van der Waals surface area contributed by atoms with E-state index in [0.29, 0.717) is 32.5 Å². The molecular formula is C22H29N5O2S. The first-order valence-electron chi connectivity index (χ1n) is 10.6. The van der Waals surface area contributed by atoms with Gasteiger partial charge in [-0.2, -0.15) is 0 Å². The van der Waals surface area contributed by atoms with Crippen LogP contribution in [0.4, 0.5) is 4.79 Å². The minimum atomic E-state index is -0.766. The fourth-order valence-corrected chi connectivity index (χ4v) is 4.92. The van der Waals surface area contributed by atoms with E-state index in [1.165, 1.54) is 0 Å². The van der Waals surface area contributed by atoms with E-state index in [0.717, 1.165) is 43.7 Å². The average Bonchev–Trinajstić information content (AvgIpc) is 3.46. The van der Waals surface area contributed by atoms with Crippen molar-refractivity contribution in [1.29, 1.82) is 0 Å². The number of carbonyl (C=O) groups excluding carboxylic acids is 2. The second-order valence-corrected chi connectivity index (χ2v) is 8.85. The second-order valence-electron chi connectivity index (χ2n) is 8.13. The van der Waals surface area contributed by atoms with Crippen molar-refractivity contribution in [1.82, 2.24) is 25.4 Å². The molecule has 0 radical (unpaired) electrons. The predicted molar refractivity (Wildman–Crippen MR) is 117 cm³/mol. The lowest BCUT2D eigenvalue weighted by Gasteiger charge is -2.40. The van der Waals surface area contributed by atoms with Gasteiger partial charge in [0.1, 0.15) is 5.54 Å². The van der Waals surface area contributed by atoms with Gasteiger partial charge in [0.15, 0.2) is 0 Å². The monoisotopic (exact) mass is 427 g/mol. The Kier molecular flexibility index (Phi) is 6.64. The molecule has 2 fully saturated rings. The number of amides is 3. The molecule has 2 aliphatic rings. The molecule has 2 N–H and O–H groups in total. The molecule has 3 amide bonds. The van der Waals surface area contributed by atoms with Crippen LogP contribution in [0.3, 0.4) is 0 Å². The van der Waals surface area contributed by atoms with Gasteiger partial charge in [-0.05, 0) is 18.4 Å². The molecule has 0 atom stereocenters. The summed E-state index contributed by atoms with van der Waals surface area (Å²) < 4.78 is 0. The molecule has 4 rings (SSSR count). The Hall–Kier alpha value is -2.45. The van der Waals surface area contributed by atoms with E-state index in [1.54, 1.807) is 11.3 Å². The van der Waals surface area contributed by atoms with E-state index in [2.05, 4.69) is 25.9 Å². The summed E-state index contributed by atoms with van der Waals surface area (Å²) in [6.07, 6.45) is 3.36. The number of rotatable bonds is 6. The summed E-state index contributed by atoms with van der Waals surface area (Å²) in [7, 11) is 0. The van der Waals surface area contributed by atoms with Crippen molar-refractivity contribution >= 4 is 23.3 Å². The summed E-state index contributed by atoms with van der Waals surface area (Å²) in [6.45, 7) is 4.33. The standard InChI is InChI=1S/C22H29N5O2S/c28-20(27-12-10-26(11-13-27)15-19-16-30-17-24-19)22(8-4-5-9-22)25-21(29)23-14-18-6-2-1-3-7-18/h1-3,6-7,16-17H,4-5,8-15H2,(H2,23,25,29). The van der Waals surface area contributed by atoms with Crippen LogP contribution in [0.15, 0.2) is 41.2 Å². The van der Waals surface area contributed by atoms with Crippen LogP contribution in [-0.4, -0.2) is 58.4 Å². The SMILES string of the molecule is O=C(NCc1ccccc1)NC1(C(=O)N2CCN(Cc3cscn3)CC2)CCCC1. The summed E-state index contributed by atoms with van der Waals surface area (Å²) in [4.78, 5) is 34.6. The van der Waals surface area contributed by atoms with Gasteiger partial charge in [-0.1, -0.05) is 43.2 Å². The van der Waals surface area contributed by atoms with Gasteiger partial charge in [0.2, 0.25) is 5.91 Å². The maximum Gasteiger partial charge on any atom is 0.315 e. The highest BCUT2D eigenvalue weighted by molar-refractivity contribution is 7.07. The fraction of sp³-hybridized carbons (Fsp3) is 0.500. The van der Waals surface area contributed by atoms with Crippen LogP contribution in [0, 0.1) is 0 Å². The molecule has 2 aromatic rings. The van der Waals surface area contributed by atoms with E-state index < -0.39 is 5.54 Å². The third-order valence-corrected chi connectivity index (χ3v) is 6.68. The lowest BCUT2D eigenvalue weighted by molar-refractivity contribution is -0.139. The van der Waals surface area contributed by atoms with Crippen molar-refractivity contribution in [2.75, 3.05) is 26.2 Å². The largest absolute Gasteiger partial charge is 0.338 e.